The molecule has 0 N–H and O–H groups in total. The molecule has 5 heteroatoms. The summed E-state index contributed by atoms with van der Waals surface area (Å²) >= 11 is 0.863. The Balaban J connectivity index is 2.33. The number of benzene rings is 2. The molecule has 2 aromatic rings. The van der Waals surface area contributed by atoms with Gasteiger partial charge in [0.05, 0.1) is 6.54 Å². The minimum Gasteiger partial charge on any atom is -0.302 e. The first-order valence-corrected chi connectivity index (χ1v) is 7.04. The number of hydrogen-bond acceptors (Lipinski definition) is 1. The second-order valence-electron chi connectivity index (χ2n) is 4.21. The third-order valence-electron chi connectivity index (χ3n) is 2.74. The molecule has 2 aromatic carbocycles. The number of rotatable bonds is 4. The van der Waals surface area contributed by atoms with Crippen LogP contribution in [0.3, 0.4) is 0 Å². The van der Waals surface area contributed by atoms with Gasteiger partial charge in [-0.15, -0.1) is 0 Å². The summed E-state index contributed by atoms with van der Waals surface area (Å²) in [6.07, 6.45) is 0. The van der Waals surface area contributed by atoms with Gasteiger partial charge in [-0.3, -0.25) is 4.79 Å². The summed E-state index contributed by atoms with van der Waals surface area (Å²) in [5, 5.41) is 0. The predicted octanol–water partition coefficient (Wildman–Crippen LogP) is 4.25. The van der Waals surface area contributed by atoms with Gasteiger partial charge >= 0.3 is 9.84 Å². The van der Waals surface area contributed by atoms with E-state index in [1.54, 1.807) is 42.5 Å². The second kappa shape index (κ2) is 6.30. The van der Waals surface area contributed by atoms with Crippen molar-refractivity contribution in [2.75, 3.05) is 4.90 Å². The van der Waals surface area contributed by atoms with Crippen LogP contribution in [-0.2, 0) is 11.3 Å². The molecular weight excluding hydrogens is 375 g/mol. The Morgan fingerprint density at radius 3 is 2.00 bits per heavy atom. The van der Waals surface area contributed by atoms with Crippen LogP contribution in [0.2, 0.25) is 0 Å². The lowest BCUT2D eigenvalue weighted by atomic mass is 10.2. The Labute approximate surface area is 129 Å². The molecule has 104 valence electrons. The largest absolute Gasteiger partial charge is 0.373 e. The number of halogens is 3. The zero-order valence-electron chi connectivity index (χ0n) is 10.5. The van der Waals surface area contributed by atoms with Crippen LogP contribution in [0.25, 0.3) is 0 Å². The number of carbonyl (C=O) groups excluding carboxylic acids is 1. The van der Waals surface area contributed by atoms with Crippen LogP contribution in [0.5, 0.6) is 0 Å². The number of nitrogens with zero attached hydrogens (tertiary/aromatic N) is 1. The average Bonchev–Trinajstić information content (AvgIpc) is 2.45. The molecule has 0 saturated heterocycles. The Bertz CT molecular complexity index is 569. The highest BCUT2D eigenvalue weighted by Crippen LogP contribution is 2.29. The molecule has 0 atom stereocenters. The van der Waals surface area contributed by atoms with Gasteiger partial charge in [-0.2, -0.15) is 8.78 Å². The van der Waals surface area contributed by atoms with Gasteiger partial charge in [0.15, 0.2) is 0 Å². The lowest BCUT2D eigenvalue weighted by Crippen LogP contribution is -2.39. The molecule has 0 radical (unpaired) electrons. The molecule has 2 nitrogen and oxygen atoms in total. The van der Waals surface area contributed by atoms with Gasteiger partial charge in [-0.25, -0.2) is 0 Å². The van der Waals surface area contributed by atoms with E-state index in [0.29, 0.717) is 5.69 Å². The Morgan fingerprint density at radius 2 is 1.50 bits per heavy atom. The molecule has 0 spiro atoms. The smallest absolute Gasteiger partial charge is 0.302 e. The van der Waals surface area contributed by atoms with Gasteiger partial charge < -0.3 is 4.90 Å². The first kappa shape index (κ1) is 14.9. The average molecular weight is 387 g/mol. The first-order chi connectivity index (χ1) is 9.48. The summed E-state index contributed by atoms with van der Waals surface area (Å²) < 4.78 is 23.3. The van der Waals surface area contributed by atoms with E-state index in [2.05, 4.69) is 0 Å². The third kappa shape index (κ3) is 3.75. The van der Waals surface area contributed by atoms with Crippen molar-refractivity contribution in [3.63, 3.8) is 0 Å². The first-order valence-electron chi connectivity index (χ1n) is 5.96. The molecule has 1 amide bonds. The maximum absolute atomic E-state index is 13.3. The lowest BCUT2D eigenvalue weighted by molar-refractivity contribution is -0.130. The van der Waals surface area contributed by atoms with E-state index in [4.69, 9.17) is 0 Å². The number of alkyl halides is 3. The molecule has 0 heterocycles. The third-order valence-corrected chi connectivity index (χ3v) is 3.20. The topological polar surface area (TPSA) is 20.3 Å². The molecule has 0 unspecified atom stereocenters. The van der Waals surface area contributed by atoms with Gasteiger partial charge in [0.1, 0.15) is 0 Å². The van der Waals surface area contributed by atoms with Crippen LogP contribution in [0, 0.1) is 0 Å². The Kier molecular flexibility index (Phi) is 4.69. The fraction of sp³-hybridized carbons (Fsp3) is 0.133. The summed E-state index contributed by atoms with van der Waals surface area (Å²) in [4.78, 5) is 13.0. The van der Waals surface area contributed by atoms with Crippen LogP contribution in [-0.4, -0.2) is 9.84 Å². The van der Waals surface area contributed by atoms with Gasteiger partial charge in [0, 0.05) is 28.3 Å². The maximum atomic E-state index is 13.3. The molecule has 0 aliphatic carbocycles. The summed E-state index contributed by atoms with van der Waals surface area (Å²) in [7, 11) is 0. The van der Waals surface area contributed by atoms with Crippen LogP contribution in [0.4, 0.5) is 14.5 Å². The van der Waals surface area contributed by atoms with E-state index in [-0.39, 0.29) is 6.54 Å². The number of anilines is 1. The zero-order chi connectivity index (χ0) is 14.6. The van der Waals surface area contributed by atoms with Crippen molar-refractivity contribution in [3.8, 4) is 0 Å². The number of carbonyl (C=O) groups is 1. The van der Waals surface area contributed by atoms with Crippen molar-refractivity contribution in [2.24, 2.45) is 0 Å². The van der Waals surface area contributed by atoms with E-state index in [1.807, 2.05) is 18.2 Å². The number of hydrogen-bond donors (Lipinski definition) is 0. The monoisotopic (exact) mass is 387 g/mol. The van der Waals surface area contributed by atoms with Gasteiger partial charge in [-0.1, -0.05) is 48.5 Å². The number of para-hydroxylation sites is 1. The van der Waals surface area contributed by atoms with Crippen molar-refractivity contribution in [1.82, 2.24) is 0 Å². The molecule has 0 aliphatic heterocycles. The minimum atomic E-state index is -3.43. The van der Waals surface area contributed by atoms with Crippen LogP contribution >= 0.6 is 22.6 Å². The highest BCUT2D eigenvalue weighted by molar-refractivity contribution is 14.1. The highest BCUT2D eigenvalue weighted by Gasteiger charge is 2.39. The summed E-state index contributed by atoms with van der Waals surface area (Å²) in [5.74, 6) is -1.21. The molecule has 20 heavy (non-hydrogen) atoms. The van der Waals surface area contributed by atoms with Crippen molar-refractivity contribution < 1.29 is 13.6 Å². The molecule has 0 aromatic heterocycles. The standard InChI is InChI=1S/C15H12F2INO/c16-15(17,18)14(20)19(13-9-5-2-6-10-13)11-12-7-3-1-4-8-12/h1-10H,11H2. The summed E-state index contributed by atoms with van der Waals surface area (Å²) in [6.45, 7) is 0.113. The summed E-state index contributed by atoms with van der Waals surface area (Å²) in [6, 6.07) is 17.5. The summed E-state index contributed by atoms with van der Waals surface area (Å²) in [5.41, 5.74) is 1.25. The Morgan fingerprint density at radius 1 is 1.00 bits per heavy atom. The normalized spacial score (nSPS) is 11.2. The Hall–Kier alpha value is -1.50. The second-order valence-corrected chi connectivity index (χ2v) is 5.57. The van der Waals surface area contributed by atoms with Crippen molar-refractivity contribution in [3.05, 3.63) is 66.2 Å². The van der Waals surface area contributed by atoms with E-state index in [1.165, 1.54) is 0 Å². The molecule has 0 saturated carbocycles. The SMILES string of the molecule is O=C(N(Cc1ccccc1)c1ccccc1)C(F)(F)I. The number of amides is 1. The van der Waals surface area contributed by atoms with Gasteiger partial charge in [0.2, 0.25) is 0 Å². The van der Waals surface area contributed by atoms with E-state index in [0.717, 1.165) is 33.1 Å². The van der Waals surface area contributed by atoms with E-state index in [9.17, 15) is 13.6 Å². The molecule has 0 aliphatic rings. The molecular formula is C15H12F2INO. The van der Waals surface area contributed by atoms with Crippen molar-refractivity contribution in [1.29, 1.82) is 0 Å². The van der Waals surface area contributed by atoms with Crippen LogP contribution < -0.4 is 4.90 Å². The lowest BCUT2D eigenvalue weighted by Gasteiger charge is -2.25. The fourth-order valence-corrected chi connectivity index (χ4v) is 2.10. The van der Waals surface area contributed by atoms with Crippen molar-refractivity contribution in [2.45, 2.75) is 10.5 Å². The van der Waals surface area contributed by atoms with Crippen LogP contribution in [0.15, 0.2) is 60.7 Å². The van der Waals surface area contributed by atoms with Gasteiger partial charge in [0.25, 0.3) is 0 Å². The zero-order valence-corrected chi connectivity index (χ0v) is 12.6. The molecule has 2 rings (SSSR count). The van der Waals surface area contributed by atoms with Crippen molar-refractivity contribution >= 4 is 34.2 Å². The van der Waals surface area contributed by atoms with Crippen LogP contribution in [0.1, 0.15) is 5.56 Å². The van der Waals surface area contributed by atoms with E-state index < -0.39 is 9.84 Å². The van der Waals surface area contributed by atoms with Gasteiger partial charge in [-0.05, 0) is 17.7 Å². The maximum Gasteiger partial charge on any atom is 0.373 e. The molecule has 0 fully saturated rings. The quantitative estimate of drug-likeness (QED) is 0.568. The predicted molar refractivity (Wildman–Crippen MR) is 83.0 cm³/mol. The fourth-order valence-electron chi connectivity index (χ4n) is 1.81. The highest BCUT2D eigenvalue weighted by atomic mass is 127. The molecule has 0 bridgehead atoms. The minimum absolute atomic E-state index is 0.113. The van der Waals surface area contributed by atoms with E-state index >= 15 is 0 Å².